The molecule has 0 aliphatic rings. The molecule has 0 fully saturated rings. The number of hydrogen-bond acceptors (Lipinski definition) is 5. The smallest absolute Gasteiger partial charge is 0.276 e. The molecule has 3 aromatic rings. The molecule has 9 heteroatoms. The number of rotatable bonds is 6. The molecule has 1 aromatic heterocycles. The molecule has 0 radical (unpaired) electrons. The number of sulfonamides is 1. The molecule has 6 nitrogen and oxygen atoms in total. The van der Waals surface area contributed by atoms with Crippen LogP contribution in [0, 0.1) is 6.92 Å². The van der Waals surface area contributed by atoms with Crippen LogP contribution in [-0.2, 0) is 10.0 Å². The van der Waals surface area contributed by atoms with Gasteiger partial charge < -0.3 is 4.74 Å². The Morgan fingerprint density at radius 1 is 1.11 bits per heavy atom. The van der Waals surface area contributed by atoms with Gasteiger partial charge in [-0.2, -0.15) is 0 Å². The van der Waals surface area contributed by atoms with Crippen LogP contribution in [-0.4, -0.2) is 21.4 Å². The van der Waals surface area contributed by atoms with Crippen molar-refractivity contribution in [3.63, 3.8) is 0 Å². The van der Waals surface area contributed by atoms with Gasteiger partial charge in [0.25, 0.3) is 15.9 Å². The monoisotopic (exact) mass is 480 g/mol. The van der Waals surface area contributed by atoms with Crippen LogP contribution in [0.1, 0.15) is 15.2 Å². The van der Waals surface area contributed by atoms with Gasteiger partial charge in [-0.05, 0) is 42.1 Å². The maximum absolute atomic E-state index is 12.6. The lowest BCUT2D eigenvalue weighted by molar-refractivity contribution is 0.0949. The Morgan fingerprint density at radius 3 is 2.50 bits per heavy atom. The van der Waals surface area contributed by atoms with Crippen molar-refractivity contribution in [1.82, 2.24) is 10.3 Å². The van der Waals surface area contributed by atoms with Crippen LogP contribution in [0.4, 0.5) is 0 Å². The van der Waals surface area contributed by atoms with Crippen molar-refractivity contribution in [3.8, 4) is 16.9 Å². The quantitative estimate of drug-likeness (QED) is 0.519. The first-order valence-electron chi connectivity index (χ1n) is 8.12. The van der Waals surface area contributed by atoms with E-state index >= 15 is 0 Å². The molecule has 0 aliphatic heterocycles. The highest BCUT2D eigenvalue weighted by Gasteiger charge is 2.22. The number of methoxy groups -OCH3 is 1. The average Bonchev–Trinajstić information content (AvgIpc) is 3.16. The Labute approximate surface area is 175 Å². The summed E-state index contributed by atoms with van der Waals surface area (Å²) in [5.41, 5.74) is 5.01. The van der Waals surface area contributed by atoms with Crippen LogP contribution in [0.2, 0.25) is 0 Å². The van der Waals surface area contributed by atoms with Gasteiger partial charge in [0.05, 0.1) is 7.11 Å². The van der Waals surface area contributed by atoms with Gasteiger partial charge in [-0.15, -0.1) is 16.2 Å². The van der Waals surface area contributed by atoms with E-state index in [1.165, 1.54) is 30.6 Å². The number of hydrogen-bond donors (Lipinski definition) is 2. The van der Waals surface area contributed by atoms with Crippen LogP contribution >= 0.6 is 27.3 Å². The second kappa shape index (κ2) is 8.44. The fraction of sp³-hybridized carbons (Fsp3) is 0.105. The molecule has 0 bridgehead atoms. The summed E-state index contributed by atoms with van der Waals surface area (Å²) in [6.07, 6.45) is 0. The molecular formula is C19H17BrN2O4S2. The van der Waals surface area contributed by atoms with E-state index in [0.29, 0.717) is 9.35 Å². The Morgan fingerprint density at radius 2 is 1.82 bits per heavy atom. The minimum atomic E-state index is -4.03. The molecule has 1 amide bonds. The molecule has 0 unspecified atom stereocenters. The number of aryl methyl sites for hydroxylation is 1. The normalized spacial score (nSPS) is 11.2. The molecule has 0 saturated heterocycles. The van der Waals surface area contributed by atoms with Gasteiger partial charge in [-0.3, -0.25) is 10.2 Å². The summed E-state index contributed by atoms with van der Waals surface area (Å²) in [6.45, 7) is 1.98. The second-order valence-corrected chi connectivity index (χ2v) is 9.37. The summed E-state index contributed by atoms with van der Waals surface area (Å²) >= 11 is 4.47. The molecule has 1 heterocycles. The van der Waals surface area contributed by atoms with Gasteiger partial charge >= 0.3 is 0 Å². The van der Waals surface area contributed by atoms with Crippen LogP contribution in [0.5, 0.6) is 5.75 Å². The Kier molecular flexibility index (Phi) is 6.19. The minimum Gasteiger partial charge on any atom is -0.495 e. The van der Waals surface area contributed by atoms with E-state index in [9.17, 15) is 13.2 Å². The fourth-order valence-electron chi connectivity index (χ4n) is 2.53. The number of carbonyl (C=O) groups excluding carboxylic acids is 1. The first-order valence-corrected chi connectivity index (χ1v) is 11.3. The Bertz CT molecular complexity index is 1110. The lowest BCUT2D eigenvalue weighted by Gasteiger charge is -2.12. The molecule has 0 atom stereocenters. The van der Waals surface area contributed by atoms with E-state index < -0.39 is 15.9 Å². The van der Waals surface area contributed by atoms with Crippen molar-refractivity contribution in [3.05, 3.63) is 68.8 Å². The molecule has 0 aliphatic carbocycles. The molecule has 2 aromatic carbocycles. The van der Waals surface area contributed by atoms with Gasteiger partial charge in [0.2, 0.25) is 0 Å². The maximum Gasteiger partial charge on any atom is 0.276 e. The van der Waals surface area contributed by atoms with Gasteiger partial charge in [-0.1, -0.05) is 45.8 Å². The van der Waals surface area contributed by atoms with Crippen LogP contribution in [0.15, 0.2) is 63.3 Å². The van der Waals surface area contributed by atoms with Crippen molar-refractivity contribution < 1.29 is 17.9 Å². The zero-order chi connectivity index (χ0) is 20.3. The standard InChI is InChI=1S/C19H17BrN2O4S2/c1-12-3-5-13(6-4-12)15-9-10-27-18(15)19(23)21-22-28(24,25)17-11-14(20)7-8-16(17)26-2/h3-11,22H,1-2H3,(H,21,23). The predicted octanol–water partition coefficient (Wildman–Crippen LogP) is 4.12. The van der Waals surface area contributed by atoms with E-state index in [4.69, 9.17) is 4.74 Å². The number of thiophene rings is 1. The summed E-state index contributed by atoms with van der Waals surface area (Å²) < 4.78 is 30.9. The van der Waals surface area contributed by atoms with Gasteiger partial charge in [-0.25, -0.2) is 8.42 Å². The van der Waals surface area contributed by atoms with Crippen LogP contribution in [0.3, 0.4) is 0 Å². The molecule has 0 spiro atoms. The van der Waals surface area contributed by atoms with E-state index in [1.54, 1.807) is 11.4 Å². The summed E-state index contributed by atoms with van der Waals surface area (Å²) in [5, 5.41) is 1.79. The van der Waals surface area contributed by atoms with Crippen molar-refractivity contribution in [2.45, 2.75) is 11.8 Å². The molecule has 0 saturated carbocycles. The summed E-state index contributed by atoms with van der Waals surface area (Å²) in [6, 6.07) is 14.2. The topological polar surface area (TPSA) is 84.5 Å². The summed E-state index contributed by atoms with van der Waals surface area (Å²) in [5.74, 6) is -0.371. The van der Waals surface area contributed by atoms with Crippen molar-refractivity contribution in [2.75, 3.05) is 7.11 Å². The number of hydrazine groups is 1. The van der Waals surface area contributed by atoms with Gasteiger partial charge in [0.15, 0.2) is 0 Å². The van der Waals surface area contributed by atoms with Gasteiger partial charge in [0.1, 0.15) is 15.5 Å². The van der Waals surface area contributed by atoms with Crippen LogP contribution < -0.4 is 15.0 Å². The number of carbonyl (C=O) groups is 1. The summed E-state index contributed by atoms with van der Waals surface area (Å²) in [7, 11) is -2.65. The minimum absolute atomic E-state index is 0.0883. The van der Waals surface area contributed by atoms with Crippen molar-refractivity contribution >= 4 is 43.2 Å². The largest absolute Gasteiger partial charge is 0.495 e. The highest BCUT2D eigenvalue weighted by Crippen LogP contribution is 2.29. The van der Waals surface area contributed by atoms with Crippen molar-refractivity contribution in [1.29, 1.82) is 0 Å². The second-order valence-electron chi connectivity index (χ2n) is 5.88. The molecule has 28 heavy (non-hydrogen) atoms. The van der Waals surface area contributed by atoms with E-state index in [-0.39, 0.29) is 10.6 Å². The first-order chi connectivity index (χ1) is 13.3. The predicted molar refractivity (Wildman–Crippen MR) is 113 cm³/mol. The number of ether oxygens (including phenoxy) is 1. The zero-order valence-electron chi connectivity index (χ0n) is 15.0. The average molecular weight is 481 g/mol. The first kappa shape index (κ1) is 20.5. The highest BCUT2D eigenvalue weighted by molar-refractivity contribution is 9.10. The third-order valence-corrected chi connectivity index (χ3v) is 6.62. The third-order valence-electron chi connectivity index (χ3n) is 3.95. The van der Waals surface area contributed by atoms with Crippen molar-refractivity contribution in [2.24, 2.45) is 0 Å². The highest BCUT2D eigenvalue weighted by atomic mass is 79.9. The third kappa shape index (κ3) is 4.44. The van der Waals surface area contributed by atoms with E-state index in [0.717, 1.165) is 16.7 Å². The molecular weight excluding hydrogens is 464 g/mol. The van der Waals surface area contributed by atoms with E-state index in [2.05, 4.69) is 26.2 Å². The Balaban J connectivity index is 1.81. The lowest BCUT2D eigenvalue weighted by atomic mass is 10.1. The number of benzene rings is 2. The molecule has 3 rings (SSSR count). The molecule has 2 N–H and O–H groups in total. The SMILES string of the molecule is COc1ccc(Br)cc1S(=O)(=O)NNC(=O)c1sccc1-c1ccc(C)cc1. The summed E-state index contributed by atoms with van der Waals surface area (Å²) in [4.78, 5) is 15.1. The number of nitrogens with one attached hydrogen (secondary N) is 2. The number of amides is 1. The Hall–Kier alpha value is -2.20. The maximum atomic E-state index is 12.6. The van der Waals surface area contributed by atoms with Gasteiger partial charge in [0, 0.05) is 10.0 Å². The number of halogens is 1. The zero-order valence-corrected chi connectivity index (χ0v) is 18.2. The fourth-order valence-corrected chi connectivity index (χ4v) is 4.89. The molecule has 146 valence electrons. The van der Waals surface area contributed by atoms with Crippen LogP contribution in [0.25, 0.3) is 11.1 Å². The van der Waals surface area contributed by atoms with E-state index in [1.807, 2.05) is 37.3 Å². The lowest BCUT2D eigenvalue weighted by Crippen LogP contribution is -2.41.